The van der Waals surface area contributed by atoms with Gasteiger partial charge in [0.15, 0.2) is 16.3 Å². The number of allylic oxidation sites excluding steroid dienone is 1. The maximum absolute atomic E-state index is 14.3. The van der Waals surface area contributed by atoms with Crippen molar-refractivity contribution < 1.29 is 23.4 Å². The van der Waals surface area contributed by atoms with Crippen molar-refractivity contribution in [3.05, 3.63) is 125 Å². The van der Waals surface area contributed by atoms with E-state index >= 15 is 0 Å². The molecule has 0 radical (unpaired) electrons. The SMILES string of the molecule is CCOC(=O)C1=C(C)N=c2s/c(=C\c3cn(Cc4ccc(F)cc4)c4ccccc34)c(=O)n2[C@H]1c1cc(OC)c(OC)cc1Br. The first-order chi connectivity index (χ1) is 21.7. The monoisotopic (exact) mass is 689 g/mol. The van der Waals surface area contributed by atoms with Crippen LogP contribution in [0.2, 0.25) is 0 Å². The molecule has 0 aliphatic carbocycles. The van der Waals surface area contributed by atoms with Gasteiger partial charge in [0.1, 0.15) is 5.82 Å². The van der Waals surface area contributed by atoms with Crippen molar-refractivity contribution in [2.45, 2.75) is 26.4 Å². The molecule has 2 aromatic heterocycles. The number of esters is 1. The van der Waals surface area contributed by atoms with Crippen LogP contribution < -0.4 is 24.4 Å². The van der Waals surface area contributed by atoms with Crippen molar-refractivity contribution >= 4 is 50.2 Å². The second-order valence-electron chi connectivity index (χ2n) is 10.4. The summed E-state index contributed by atoms with van der Waals surface area (Å²) in [6.07, 6.45) is 3.85. The van der Waals surface area contributed by atoms with Crippen molar-refractivity contribution in [1.82, 2.24) is 9.13 Å². The van der Waals surface area contributed by atoms with Gasteiger partial charge in [-0.1, -0.05) is 57.6 Å². The van der Waals surface area contributed by atoms with Crippen LogP contribution in [-0.2, 0) is 16.1 Å². The Morgan fingerprint density at radius 2 is 1.80 bits per heavy atom. The second-order valence-corrected chi connectivity index (χ2v) is 12.3. The van der Waals surface area contributed by atoms with Gasteiger partial charge in [0.05, 0.1) is 42.7 Å². The Balaban J connectivity index is 1.54. The van der Waals surface area contributed by atoms with E-state index in [0.717, 1.165) is 22.0 Å². The minimum Gasteiger partial charge on any atom is -0.493 e. The van der Waals surface area contributed by atoms with E-state index in [1.54, 1.807) is 42.7 Å². The summed E-state index contributed by atoms with van der Waals surface area (Å²) in [4.78, 5) is 32.8. The first-order valence-electron chi connectivity index (χ1n) is 14.2. The lowest BCUT2D eigenvalue weighted by atomic mass is 9.95. The quantitative estimate of drug-likeness (QED) is 0.195. The Morgan fingerprint density at radius 3 is 2.51 bits per heavy atom. The summed E-state index contributed by atoms with van der Waals surface area (Å²) >= 11 is 4.89. The van der Waals surface area contributed by atoms with Gasteiger partial charge >= 0.3 is 5.97 Å². The van der Waals surface area contributed by atoms with Crippen LogP contribution in [0.3, 0.4) is 0 Å². The molecule has 3 heterocycles. The van der Waals surface area contributed by atoms with Crippen LogP contribution in [0, 0.1) is 5.82 Å². The normalized spacial score (nSPS) is 14.8. The van der Waals surface area contributed by atoms with E-state index in [0.29, 0.717) is 43.1 Å². The molecule has 6 rings (SSSR count). The molecule has 0 bridgehead atoms. The molecule has 0 amide bonds. The highest BCUT2D eigenvalue weighted by Gasteiger charge is 2.35. The fourth-order valence-corrected chi connectivity index (χ4v) is 7.19. The molecule has 45 heavy (non-hydrogen) atoms. The van der Waals surface area contributed by atoms with Gasteiger partial charge in [-0.3, -0.25) is 9.36 Å². The molecule has 0 unspecified atom stereocenters. The zero-order valence-corrected chi connectivity index (χ0v) is 27.4. The number of nitrogens with zero attached hydrogens (tertiary/aromatic N) is 3. The van der Waals surface area contributed by atoms with Gasteiger partial charge in [-0.2, -0.15) is 0 Å². The van der Waals surface area contributed by atoms with Gasteiger partial charge in [-0.25, -0.2) is 14.2 Å². The van der Waals surface area contributed by atoms with E-state index in [-0.39, 0.29) is 23.6 Å². The van der Waals surface area contributed by atoms with E-state index in [1.807, 2.05) is 36.5 Å². The summed E-state index contributed by atoms with van der Waals surface area (Å²) in [6, 6.07) is 17.0. The first kappa shape index (κ1) is 30.5. The number of thiazole rings is 1. The highest BCUT2D eigenvalue weighted by atomic mass is 79.9. The molecule has 0 saturated heterocycles. The molecule has 5 aromatic rings. The summed E-state index contributed by atoms with van der Waals surface area (Å²) in [5.41, 5.74) is 3.83. The first-order valence-corrected chi connectivity index (χ1v) is 15.8. The van der Waals surface area contributed by atoms with Crippen molar-refractivity contribution in [2.24, 2.45) is 4.99 Å². The molecule has 230 valence electrons. The number of hydrogen-bond donors (Lipinski definition) is 0. The minimum atomic E-state index is -0.837. The van der Waals surface area contributed by atoms with Crippen LogP contribution in [-0.4, -0.2) is 35.9 Å². The number of hydrogen-bond acceptors (Lipinski definition) is 7. The van der Waals surface area contributed by atoms with Gasteiger partial charge in [0.25, 0.3) is 5.56 Å². The van der Waals surface area contributed by atoms with Crippen molar-refractivity contribution in [3.63, 3.8) is 0 Å². The van der Waals surface area contributed by atoms with Gasteiger partial charge in [-0.05, 0) is 61.4 Å². The van der Waals surface area contributed by atoms with Crippen LogP contribution >= 0.6 is 27.3 Å². The zero-order valence-electron chi connectivity index (χ0n) is 25.0. The Hall–Kier alpha value is -4.48. The van der Waals surface area contributed by atoms with E-state index in [2.05, 4.69) is 20.5 Å². The maximum atomic E-state index is 14.3. The smallest absolute Gasteiger partial charge is 0.338 e. The van der Waals surface area contributed by atoms with Crippen molar-refractivity contribution in [3.8, 4) is 11.5 Å². The third-order valence-electron chi connectivity index (χ3n) is 7.69. The Bertz CT molecular complexity index is 2160. The van der Waals surface area contributed by atoms with E-state index in [9.17, 15) is 14.0 Å². The topological polar surface area (TPSA) is 84.1 Å². The third-order valence-corrected chi connectivity index (χ3v) is 9.36. The fraction of sp³-hybridized carbons (Fsp3) is 0.206. The molecule has 1 aliphatic rings. The summed E-state index contributed by atoms with van der Waals surface area (Å²) in [7, 11) is 3.07. The Kier molecular flexibility index (Phi) is 8.48. The van der Waals surface area contributed by atoms with Crippen LogP contribution in [0.25, 0.3) is 17.0 Å². The zero-order chi connectivity index (χ0) is 31.8. The van der Waals surface area contributed by atoms with E-state index in [1.165, 1.54) is 37.7 Å². The van der Waals surface area contributed by atoms with E-state index < -0.39 is 12.0 Å². The minimum absolute atomic E-state index is 0.168. The van der Waals surface area contributed by atoms with Crippen molar-refractivity contribution in [1.29, 1.82) is 0 Å². The highest BCUT2D eigenvalue weighted by Crippen LogP contribution is 2.40. The Morgan fingerprint density at radius 1 is 1.09 bits per heavy atom. The molecule has 0 saturated carbocycles. The molecule has 0 spiro atoms. The van der Waals surface area contributed by atoms with Gasteiger partial charge in [0, 0.05) is 33.7 Å². The average Bonchev–Trinajstić information content (AvgIpc) is 3.53. The molecular weight excluding hydrogens is 661 g/mol. The number of fused-ring (bicyclic) bond motifs is 2. The molecule has 11 heteroatoms. The number of rotatable bonds is 8. The van der Waals surface area contributed by atoms with E-state index in [4.69, 9.17) is 19.2 Å². The number of benzene rings is 3. The number of methoxy groups -OCH3 is 2. The predicted molar refractivity (Wildman–Crippen MR) is 175 cm³/mol. The lowest BCUT2D eigenvalue weighted by Gasteiger charge is -2.26. The number of halogens is 2. The number of para-hydroxylation sites is 1. The number of carbonyl (C=O) groups excluding carboxylic acids is 1. The van der Waals surface area contributed by atoms with Gasteiger partial charge < -0.3 is 18.8 Å². The highest BCUT2D eigenvalue weighted by molar-refractivity contribution is 9.10. The molecule has 1 aliphatic heterocycles. The summed E-state index contributed by atoms with van der Waals surface area (Å²) in [6.45, 7) is 4.18. The molecule has 0 N–H and O–H groups in total. The van der Waals surface area contributed by atoms with Crippen molar-refractivity contribution in [2.75, 3.05) is 20.8 Å². The van der Waals surface area contributed by atoms with Crippen LogP contribution in [0.15, 0.2) is 92.4 Å². The molecular formula is C34H29BrFN3O5S. The molecule has 3 aromatic carbocycles. The van der Waals surface area contributed by atoms with Crippen LogP contribution in [0.4, 0.5) is 4.39 Å². The molecule has 0 fully saturated rings. The average molecular weight is 691 g/mol. The van der Waals surface area contributed by atoms with Gasteiger partial charge in [0.2, 0.25) is 0 Å². The number of aromatic nitrogens is 2. The summed E-state index contributed by atoms with van der Waals surface area (Å²) < 4.78 is 34.7. The third kappa shape index (κ3) is 5.62. The standard InChI is InChI=1S/C34H29BrFN3O5S/c1-5-44-33(41)30-19(2)37-34-39(31(30)24-15-27(42-3)28(43-4)16-25(24)35)32(40)29(45-34)14-21-18-38(26-9-7-6-8-23(21)26)17-20-10-12-22(36)13-11-20/h6-16,18,31H,5,17H2,1-4H3/b29-14-/t31-/m0/s1. The van der Waals surface area contributed by atoms with Gasteiger partial charge in [-0.15, -0.1) is 0 Å². The lowest BCUT2D eigenvalue weighted by molar-refractivity contribution is -0.139. The maximum Gasteiger partial charge on any atom is 0.338 e. The molecule has 1 atom stereocenters. The largest absolute Gasteiger partial charge is 0.493 e. The number of ether oxygens (including phenoxy) is 3. The Labute approximate surface area is 270 Å². The second kappa shape index (κ2) is 12.5. The lowest BCUT2D eigenvalue weighted by Crippen LogP contribution is -2.40. The fourth-order valence-electron chi connectivity index (χ4n) is 5.61. The summed E-state index contributed by atoms with van der Waals surface area (Å²) in [5, 5.41) is 0.966. The number of carbonyl (C=O) groups is 1. The van der Waals surface area contributed by atoms with Crippen LogP contribution in [0.5, 0.6) is 11.5 Å². The summed E-state index contributed by atoms with van der Waals surface area (Å²) in [5.74, 6) is 0.108. The predicted octanol–water partition coefficient (Wildman–Crippen LogP) is 5.72. The molecule has 8 nitrogen and oxygen atoms in total. The van der Waals surface area contributed by atoms with Crippen LogP contribution in [0.1, 0.15) is 36.6 Å².